The number of hydrogen-bond donors (Lipinski definition) is 1. The molecule has 0 aliphatic carbocycles. The molecule has 1 amide bonds. The Morgan fingerprint density at radius 1 is 0.933 bits per heavy atom. The Hall–Kier alpha value is -3.37. The summed E-state index contributed by atoms with van der Waals surface area (Å²) in [6, 6.07) is 21.8. The molecule has 152 valence electrons. The van der Waals surface area contributed by atoms with Crippen LogP contribution in [0.4, 0.5) is 5.69 Å². The Balaban J connectivity index is 1.78. The van der Waals surface area contributed by atoms with Crippen LogP contribution in [0.3, 0.4) is 0 Å². The summed E-state index contributed by atoms with van der Waals surface area (Å²) in [6.07, 6.45) is 1.80. The largest absolute Gasteiger partial charge is 0.444 e. The predicted octanol–water partition coefficient (Wildman–Crippen LogP) is 5.89. The number of ether oxygens (including phenoxy) is 1. The van der Waals surface area contributed by atoms with Crippen molar-refractivity contribution in [1.29, 1.82) is 0 Å². The first-order valence-electron chi connectivity index (χ1n) is 9.49. The van der Waals surface area contributed by atoms with Crippen LogP contribution in [0.25, 0.3) is 6.08 Å². The molecule has 4 nitrogen and oxygen atoms in total. The van der Waals surface area contributed by atoms with Gasteiger partial charge in [-0.2, -0.15) is 0 Å². The van der Waals surface area contributed by atoms with Gasteiger partial charge < -0.3 is 10.1 Å². The number of esters is 1. The molecule has 0 unspecified atom stereocenters. The zero-order valence-corrected chi connectivity index (χ0v) is 17.5. The number of carbonyl (C=O) groups excluding carboxylic acids is 2. The van der Waals surface area contributed by atoms with Gasteiger partial charge in [-0.1, -0.05) is 60.1 Å². The molecule has 30 heavy (non-hydrogen) atoms. The van der Waals surface area contributed by atoms with Crippen molar-refractivity contribution in [3.05, 3.63) is 106 Å². The van der Waals surface area contributed by atoms with Gasteiger partial charge in [0.05, 0.1) is 0 Å². The van der Waals surface area contributed by atoms with Crippen LogP contribution in [-0.4, -0.2) is 11.9 Å². The van der Waals surface area contributed by atoms with Crippen LogP contribution in [0.15, 0.2) is 78.9 Å². The Morgan fingerprint density at radius 2 is 1.63 bits per heavy atom. The van der Waals surface area contributed by atoms with Gasteiger partial charge in [0, 0.05) is 22.3 Å². The molecule has 3 rings (SSSR count). The summed E-state index contributed by atoms with van der Waals surface area (Å²) < 4.78 is 5.51. The highest BCUT2D eigenvalue weighted by molar-refractivity contribution is 6.30. The molecule has 0 spiro atoms. The number of rotatable bonds is 6. The number of hydrogen-bond acceptors (Lipinski definition) is 3. The van der Waals surface area contributed by atoms with Crippen LogP contribution in [0.5, 0.6) is 0 Å². The molecule has 0 heterocycles. The zero-order chi connectivity index (χ0) is 21.5. The minimum absolute atomic E-state index is 0.421. The van der Waals surface area contributed by atoms with Crippen molar-refractivity contribution in [2.75, 3.05) is 5.32 Å². The standard InChI is InChI=1S/C25H22ClNO3/c1-17-13-18(2)15-22(14-17)27-25(29)24(20-8-4-3-5-9-20)30-23(28)12-11-19-7-6-10-21(26)16-19/h3-16,24H,1-2H3,(H,27,29)/b12-11+/t24-/m0/s1. The number of carbonyl (C=O) groups is 2. The zero-order valence-electron chi connectivity index (χ0n) is 16.8. The van der Waals surface area contributed by atoms with Gasteiger partial charge in [-0.05, 0) is 60.9 Å². The Morgan fingerprint density at radius 3 is 2.30 bits per heavy atom. The molecule has 3 aromatic rings. The summed E-state index contributed by atoms with van der Waals surface area (Å²) in [5.74, 6) is -1.05. The minimum atomic E-state index is -1.08. The summed E-state index contributed by atoms with van der Waals surface area (Å²) in [4.78, 5) is 25.4. The molecular formula is C25H22ClNO3. The molecule has 5 heteroatoms. The third kappa shape index (κ3) is 6.06. The predicted molar refractivity (Wildman–Crippen MR) is 120 cm³/mol. The van der Waals surface area contributed by atoms with E-state index in [2.05, 4.69) is 5.32 Å². The monoisotopic (exact) mass is 419 g/mol. The molecule has 0 fully saturated rings. The normalized spacial score (nSPS) is 11.8. The lowest BCUT2D eigenvalue weighted by molar-refractivity contribution is -0.149. The third-order valence-corrected chi connectivity index (χ3v) is 4.56. The van der Waals surface area contributed by atoms with E-state index in [1.807, 2.05) is 44.2 Å². The number of benzene rings is 3. The Bertz CT molecular complexity index is 1060. The van der Waals surface area contributed by atoms with Gasteiger partial charge >= 0.3 is 5.97 Å². The smallest absolute Gasteiger partial charge is 0.331 e. The fourth-order valence-electron chi connectivity index (χ4n) is 3.09. The van der Waals surface area contributed by atoms with Gasteiger partial charge in [0.15, 0.2) is 0 Å². The molecule has 1 N–H and O–H groups in total. The number of aryl methyl sites for hydroxylation is 2. The molecular weight excluding hydrogens is 398 g/mol. The lowest BCUT2D eigenvalue weighted by Gasteiger charge is -2.18. The number of amides is 1. The molecule has 3 aromatic carbocycles. The summed E-state index contributed by atoms with van der Waals surface area (Å²) in [5, 5.41) is 3.42. The molecule has 0 saturated heterocycles. The van der Waals surface area contributed by atoms with Gasteiger partial charge in [-0.15, -0.1) is 0 Å². The summed E-state index contributed by atoms with van der Waals surface area (Å²) in [7, 11) is 0. The molecule has 0 aliphatic heterocycles. The van der Waals surface area contributed by atoms with E-state index in [9.17, 15) is 9.59 Å². The first kappa shape index (κ1) is 21.3. The lowest BCUT2D eigenvalue weighted by Crippen LogP contribution is -2.25. The van der Waals surface area contributed by atoms with Crippen LogP contribution in [-0.2, 0) is 14.3 Å². The highest BCUT2D eigenvalue weighted by Gasteiger charge is 2.24. The fourth-order valence-corrected chi connectivity index (χ4v) is 3.28. The third-order valence-electron chi connectivity index (χ3n) is 4.32. The van der Waals surface area contributed by atoms with Crippen molar-refractivity contribution in [2.24, 2.45) is 0 Å². The van der Waals surface area contributed by atoms with Crippen LogP contribution in [0, 0.1) is 13.8 Å². The van der Waals surface area contributed by atoms with E-state index < -0.39 is 18.0 Å². The van der Waals surface area contributed by atoms with Gasteiger partial charge in [0.1, 0.15) is 0 Å². The maximum absolute atomic E-state index is 13.0. The van der Waals surface area contributed by atoms with Crippen LogP contribution >= 0.6 is 11.6 Å². The van der Waals surface area contributed by atoms with Crippen molar-refractivity contribution >= 4 is 35.2 Å². The van der Waals surface area contributed by atoms with E-state index in [-0.39, 0.29) is 0 Å². The van der Waals surface area contributed by atoms with Crippen molar-refractivity contribution < 1.29 is 14.3 Å². The number of nitrogens with one attached hydrogen (secondary N) is 1. The molecule has 0 aromatic heterocycles. The molecule has 1 atom stereocenters. The Labute approximate surface area is 181 Å². The van der Waals surface area contributed by atoms with Crippen molar-refractivity contribution in [3.8, 4) is 0 Å². The van der Waals surface area contributed by atoms with Crippen LogP contribution in [0.2, 0.25) is 5.02 Å². The minimum Gasteiger partial charge on any atom is -0.444 e. The van der Waals surface area contributed by atoms with E-state index in [0.717, 1.165) is 16.7 Å². The maximum atomic E-state index is 13.0. The van der Waals surface area contributed by atoms with E-state index in [1.165, 1.54) is 6.08 Å². The fraction of sp³-hybridized carbons (Fsp3) is 0.120. The average Bonchev–Trinajstić information content (AvgIpc) is 2.70. The Kier molecular flexibility index (Phi) is 7.04. The van der Waals surface area contributed by atoms with Gasteiger partial charge in [-0.3, -0.25) is 4.79 Å². The molecule has 0 radical (unpaired) electrons. The highest BCUT2D eigenvalue weighted by Crippen LogP contribution is 2.22. The van der Waals surface area contributed by atoms with Crippen molar-refractivity contribution in [2.45, 2.75) is 20.0 Å². The number of halogens is 1. The quantitative estimate of drug-likeness (QED) is 0.400. The average molecular weight is 420 g/mol. The summed E-state index contributed by atoms with van der Waals surface area (Å²) in [6.45, 7) is 3.91. The maximum Gasteiger partial charge on any atom is 0.331 e. The topological polar surface area (TPSA) is 55.4 Å². The second-order valence-electron chi connectivity index (χ2n) is 6.98. The first-order valence-corrected chi connectivity index (χ1v) is 9.87. The van der Waals surface area contributed by atoms with Gasteiger partial charge in [0.2, 0.25) is 6.10 Å². The van der Waals surface area contributed by atoms with Crippen molar-refractivity contribution in [1.82, 2.24) is 0 Å². The van der Waals surface area contributed by atoms with Crippen LogP contribution < -0.4 is 5.32 Å². The van der Waals surface area contributed by atoms with Crippen molar-refractivity contribution in [3.63, 3.8) is 0 Å². The van der Waals surface area contributed by atoms with E-state index in [4.69, 9.17) is 16.3 Å². The second kappa shape index (κ2) is 9.90. The SMILES string of the molecule is Cc1cc(C)cc(NC(=O)[C@@H](OC(=O)/C=C/c2cccc(Cl)c2)c2ccccc2)c1. The number of anilines is 1. The highest BCUT2D eigenvalue weighted by atomic mass is 35.5. The summed E-state index contributed by atoms with van der Waals surface area (Å²) in [5.41, 5.74) is 4.06. The molecule has 0 bridgehead atoms. The van der Waals surface area contributed by atoms with Crippen LogP contribution in [0.1, 0.15) is 28.4 Å². The van der Waals surface area contributed by atoms with Gasteiger partial charge in [-0.25, -0.2) is 4.79 Å². The van der Waals surface area contributed by atoms with E-state index in [1.54, 1.807) is 48.5 Å². The van der Waals surface area contributed by atoms with E-state index in [0.29, 0.717) is 16.3 Å². The van der Waals surface area contributed by atoms with Gasteiger partial charge in [0.25, 0.3) is 5.91 Å². The first-order chi connectivity index (χ1) is 14.4. The second-order valence-corrected chi connectivity index (χ2v) is 7.42. The lowest BCUT2D eigenvalue weighted by atomic mass is 10.1. The summed E-state index contributed by atoms with van der Waals surface area (Å²) >= 11 is 5.96. The molecule has 0 aliphatic rings. The van der Waals surface area contributed by atoms with E-state index >= 15 is 0 Å². The molecule has 0 saturated carbocycles.